The summed E-state index contributed by atoms with van der Waals surface area (Å²) in [5.41, 5.74) is 1.43. The molecule has 1 aliphatic heterocycles. The summed E-state index contributed by atoms with van der Waals surface area (Å²) in [6.07, 6.45) is 0. The summed E-state index contributed by atoms with van der Waals surface area (Å²) in [4.78, 5) is 16.1. The Morgan fingerprint density at radius 2 is 2.14 bits per heavy atom. The number of aromatic carboxylic acids is 1. The third kappa shape index (κ3) is 2.66. The van der Waals surface area contributed by atoms with Crippen LogP contribution >= 0.6 is 0 Å². The normalized spacial score (nSPS) is 21.0. The summed E-state index contributed by atoms with van der Waals surface area (Å²) in [7, 11) is 2.11. The summed E-state index contributed by atoms with van der Waals surface area (Å²) in [6.45, 7) is 5.74. The molecule has 1 aromatic carbocycles. The van der Waals surface area contributed by atoms with Crippen LogP contribution in [0.15, 0.2) is 28.7 Å². The van der Waals surface area contributed by atoms with Crippen LogP contribution < -0.4 is 0 Å². The second-order valence-corrected chi connectivity index (χ2v) is 5.79. The van der Waals surface area contributed by atoms with Crippen LogP contribution in [0.5, 0.6) is 0 Å². The van der Waals surface area contributed by atoms with E-state index >= 15 is 0 Å². The molecule has 1 aliphatic rings. The maximum absolute atomic E-state index is 11.4. The number of piperazine rings is 1. The fourth-order valence-corrected chi connectivity index (χ4v) is 3.04. The Morgan fingerprint density at radius 1 is 1.38 bits per heavy atom. The van der Waals surface area contributed by atoms with Gasteiger partial charge in [-0.1, -0.05) is 18.2 Å². The first-order valence-corrected chi connectivity index (χ1v) is 7.22. The third-order valence-electron chi connectivity index (χ3n) is 4.22. The molecule has 1 fully saturated rings. The molecule has 5 heteroatoms. The zero-order valence-electron chi connectivity index (χ0n) is 12.4. The molecule has 0 aliphatic carbocycles. The Kier molecular flexibility index (Phi) is 3.69. The highest BCUT2D eigenvalue weighted by Crippen LogP contribution is 2.28. The number of carbonyl (C=O) groups is 1. The summed E-state index contributed by atoms with van der Waals surface area (Å²) >= 11 is 0. The van der Waals surface area contributed by atoms with E-state index in [-0.39, 0.29) is 5.76 Å². The van der Waals surface area contributed by atoms with E-state index in [2.05, 4.69) is 23.8 Å². The van der Waals surface area contributed by atoms with Gasteiger partial charge in [-0.25, -0.2) is 4.79 Å². The molecule has 3 rings (SSSR count). The van der Waals surface area contributed by atoms with Crippen LogP contribution in [0.4, 0.5) is 0 Å². The summed E-state index contributed by atoms with van der Waals surface area (Å²) < 4.78 is 5.52. The highest BCUT2D eigenvalue weighted by atomic mass is 16.4. The van der Waals surface area contributed by atoms with E-state index in [0.29, 0.717) is 18.2 Å². The first-order chi connectivity index (χ1) is 10.1. The summed E-state index contributed by atoms with van der Waals surface area (Å²) in [5, 5.41) is 10.3. The molecule has 1 aromatic heterocycles. The maximum atomic E-state index is 11.4. The van der Waals surface area contributed by atoms with Crippen molar-refractivity contribution in [1.29, 1.82) is 0 Å². The Labute approximate surface area is 123 Å². The van der Waals surface area contributed by atoms with Gasteiger partial charge in [-0.15, -0.1) is 0 Å². The monoisotopic (exact) mass is 288 g/mol. The van der Waals surface area contributed by atoms with Crippen molar-refractivity contribution in [3.8, 4) is 0 Å². The molecule has 1 unspecified atom stereocenters. The van der Waals surface area contributed by atoms with Crippen molar-refractivity contribution >= 4 is 16.9 Å². The SMILES string of the molecule is CC1CN(C)CCN1Cc1c(C(=O)O)oc2ccccc12. The predicted molar refractivity (Wildman–Crippen MR) is 80.5 cm³/mol. The number of para-hydroxylation sites is 1. The van der Waals surface area contributed by atoms with E-state index in [9.17, 15) is 9.90 Å². The molecule has 0 spiro atoms. The number of carboxylic acids is 1. The zero-order valence-corrected chi connectivity index (χ0v) is 12.4. The minimum absolute atomic E-state index is 0.0716. The second-order valence-electron chi connectivity index (χ2n) is 5.79. The van der Waals surface area contributed by atoms with Crippen LogP contribution in [0.1, 0.15) is 23.0 Å². The van der Waals surface area contributed by atoms with Gasteiger partial charge in [-0.3, -0.25) is 4.90 Å². The molecular weight excluding hydrogens is 268 g/mol. The molecular formula is C16H20N2O3. The quantitative estimate of drug-likeness (QED) is 0.939. The smallest absolute Gasteiger partial charge is 0.372 e. The molecule has 21 heavy (non-hydrogen) atoms. The highest BCUT2D eigenvalue weighted by Gasteiger charge is 2.26. The van der Waals surface area contributed by atoms with E-state index < -0.39 is 5.97 Å². The molecule has 2 aromatic rings. The molecule has 1 saturated heterocycles. The van der Waals surface area contributed by atoms with Crippen LogP contribution in [0.3, 0.4) is 0 Å². The van der Waals surface area contributed by atoms with Gasteiger partial charge in [0.05, 0.1) is 0 Å². The lowest BCUT2D eigenvalue weighted by atomic mass is 10.1. The van der Waals surface area contributed by atoms with Crippen molar-refractivity contribution in [2.24, 2.45) is 0 Å². The largest absolute Gasteiger partial charge is 0.475 e. The van der Waals surface area contributed by atoms with Crippen molar-refractivity contribution in [2.75, 3.05) is 26.7 Å². The first kappa shape index (κ1) is 14.1. The van der Waals surface area contributed by atoms with Gasteiger partial charge in [0, 0.05) is 43.2 Å². The van der Waals surface area contributed by atoms with Gasteiger partial charge in [0.1, 0.15) is 5.58 Å². The Morgan fingerprint density at radius 3 is 2.86 bits per heavy atom. The number of rotatable bonds is 3. The maximum Gasteiger partial charge on any atom is 0.372 e. The van der Waals surface area contributed by atoms with Crippen LogP contribution in [0.2, 0.25) is 0 Å². The third-order valence-corrected chi connectivity index (χ3v) is 4.22. The Hall–Kier alpha value is -1.85. The van der Waals surface area contributed by atoms with Crippen molar-refractivity contribution in [2.45, 2.75) is 19.5 Å². The topological polar surface area (TPSA) is 56.9 Å². The number of hydrogen-bond donors (Lipinski definition) is 1. The fraction of sp³-hybridized carbons (Fsp3) is 0.438. The van der Waals surface area contributed by atoms with Gasteiger partial charge in [0.25, 0.3) is 0 Å². The molecule has 0 radical (unpaired) electrons. The molecule has 0 amide bonds. The number of likely N-dealkylation sites (N-methyl/N-ethyl adjacent to an activating group) is 1. The van der Waals surface area contributed by atoms with Gasteiger partial charge in [-0.2, -0.15) is 0 Å². The first-order valence-electron chi connectivity index (χ1n) is 7.22. The van der Waals surface area contributed by atoms with E-state index in [1.807, 2.05) is 24.3 Å². The number of carboxylic acid groups (broad SMARTS) is 1. The van der Waals surface area contributed by atoms with E-state index in [0.717, 1.165) is 30.6 Å². The van der Waals surface area contributed by atoms with Crippen LogP contribution in [0.25, 0.3) is 11.0 Å². The lowest BCUT2D eigenvalue weighted by Gasteiger charge is -2.38. The van der Waals surface area contributed by atoms with Gasteiger partial charge in [0.2, 0.25) is 5.76 Å². The summed E-state index contributed by atoms with van der Waals surface area (Å²) in [5.74, 6) is -0.926. The van der Waals surface area contributed by atoms with E-state index in [4.69, 9.17) is 4.42 Å². The van der Waals surface area contributed by atoms with Crippen LogP contribution in [0, 0.1) is 0 Å². The number of fused-ring (bicyclic) bond motifs is 1. The molecule has 2 heterocycles. The molecule has 0 saturated carbocycles. The lowest BCUT2D eigenvalue weighted by molar-refractivity contribution is 0.0653. The Bertz CT molecular complexity index is 665. The van der Waals surface area contributed by atoms with Crippen LogP contribution in [-0.2, 0) is 6.54 Å². The molecule has 0 bridgehead atoms. The molecule has 112 valence electrons. The van der Waals surface area contributed by atoms with Gasteiger partial charge >= 0.3 is 5.97 Å². The minimum Gasteiger partial charge on any atom is -0.475 e. The molecule has 5 nitrogen and oxygen atoms in total. The van der Waals surface area contributed by atoms with Crippen LogP contribution in [-0.4, -0.2) is 53.6 Å². The number of furan rings is 1. The van der Waals surface area contributed by atoms with E-state index in [1.54, 1.807) is 0 Å². The predicted octanol–water partition coefficient (Wildman–Crippen LogP) is 2.27. The Balaban J connectivity index is 1.95. The van der Waals surface area contributed by atoms with Crippen molar-refractivity contribution in [3.05, 3.63) is 35.6 Å². The second kappa shape index (κ2) is 5.50. The number of benzene rings is 1. The highest BCUT2D eigenvalue weighted by molar-refractivity contribution is 5.95. The molecule has 1 N–H and O–H groups in total. The lowest BCUT2D eigenvalue weighted by Crippen LogP contribution is -2.49. The van der Waals surface area contributed by atoms with E-state index in [1.165, 1.54) is 0 Å². The standard InChI is InChI=1S/C16H20N2O3/c1-11-9-17(2)7-8-18(11)10-13-12-5-3-4-6-14(12)21-15(13)16(19)20/h3-6,11H,7-10H2,1-2H3,(H,19,20). The van der Waals surface area contributed by atoms with Gasteiger partial charge < -0.3 is 14.4 Å². The number of hydrogen-bond acceptors (Lipinski definition) is 4. The summed E-state index contributed by atoms with van der Waals surface area (Å²) in [6, 6.07) is 7.93. The molecule has 1 atom stereocenters. The van der Waals surface area contributed by atoms with Gasteiger partial charge in [0.15, 0.2) is 0 Å². The fourth-order valence-electron chi connectivity index (χ4n) is 3.04. The van der Waals surface area contributed by atoms with Gasteiger partial charge in [-0.05, 0) is 20.0 Å². The zero-order chi connectivity index (χ0) is 15.0. The number of nitrogens with zero attached hydrogens (tertiary/aromatic N) is 2. The average Bonchev–Trinajstić information content (AvgIpc) is 2.81. The van der Waals surface area contributed by atoms with Crippen molar-refractivity contribution in [3.63, 3.8) is 0 Å². The average molecular weight is 288 g/mol. The minimum atomic E-state index is -0.997. The van der Waals surface area contributed by atoms with Crippen molar-refractivity contribution < 1.29 is 14.3 Å². The van der Waals surface area contributed by atoms with Crippen molar-refractivity contribution in [1.82, 2.24) is 9.80 Å².